The van der Waals surface area contributed by atoms with E-state index in [-0.39, 0.29) is 17.2 Å². The van der Waals surface area contributed by atoms with Gasteiger partial charge in [0.05, 0.1) is 17.3 Å². The molecule has 17 heavy (non-hydrogen) atoms. The van der Waals surface area contributed by atoms with E-state index in [2.05, 4.69) is 5.32 Å². The van der Waals surface area contributed by atoms with Crippen LogP contribution in [0.25, 0.3) is 0 Å². The summed E-state index contributed by atoms with van der Waals surface area (Å²) in [6.45, 7) is 4.05. The van der Waals surface area contributed by atoms with Gasteiger partial charge in [-0.3, -0.25) is 4.79 Å². The number of hydrogen-bond acceptors (Lipinski definition) is 2. The molecule has 1 N–H and O–H groups in total. The summed E-state index contributed by atoms with van der Waals surface area (Å²) in [5.41, 5.74) is 0.362. The molecule has 3 nitrogen and oxygen atoms in total. The molecular weight excluding hydrogens is 219 g/mol. The van der Waals surface area contributed by atoms with Gasteiger partial charge in [0.15, 0.2) is 0 Å². The number of carbonyl (C=O) groups is 1. The monoisotopic (exact) mass is 234 g/mol. The quantitative estimate of drug-likeness (QED) is 0.870. The van der Waals surface area contributed by atoms with E-state index in [4.69, 9.17) is 5.26 Å². The third kappa shape index (κ3) is 4.23. The van der Waals surface area contributed by atoms with Gasteiger partial charge < -0.3 is 5.32 Å². The van der Waals surface area contributed by atoms with Gasteiger partial charge in [-0.15, -0.1) is 0 Å². The molecule has 4 heteroatoms. The fourth-order valence-electron chi connectivity index (χ4n) is 1.32. The third-order valence-electron chi connectivity index (χ3n) is 2.32. The SMILES string of the molecule is CC(C)CCC(=O)Nc1ccc(C#N)cc1F. The Bertz CT molecular complexity index is 449. The number of carbonyl (C=O) groups excluding carboxylic acids is 1. The molecule has 0 bridgehead atoms. The number of benzene rings is 1. The Morgan fingerprint density at radius 3 is 2.76 bits per heavy atom. The van der Waals surface area contributed by atoms with Crippen LogP contribution in [0.3, 0.4) is 0 Å². The molecule has 0 saturated carbocycles. The molecular formula is C13H15FN2O. The summed E-state index contributed by atoms with van der Waals surface area (Å²) in [6, 6.07) is 5.82. The van der Waals surface area contributed by atoms with E-state index in [1.165, 1.54) is 12.1 Å². The highest BCUT2D eigenvalue weighted by atomic mass is 19.1. The number of halogens is 1. The van der Waals surface area contributed by atoms with Gasteiger partial charge in [-0.2, -0.15) is 5.26 Å². The minimum absolute atomic E-state index is 0.123. The second-order valence-electron chi connectivity index (χ2n) is 4.29. The lowest BCUT2D eigenvalue weighted by Crippen LogP contribution is -2.13. The van der Waals surface area contributed by atoms with E-state index in [9.17, 15) is 9.18 Å². The van der Waals surface area contributed by atoms with Crippen molar-refractivity contribution in [3.8, 4) is 6.07 Å². The Kier molecular flexibility index (Phi) is 4.65. The van der Waals surface area contributed by atoms with Crippen LogP contribution < -0.4 is 5.32 Å². The molecule has 0 heterocycles. The number of nitrogens with one attached hydrogen (secondary N) is 1. The molecule has 90 valence electrons. The van der Waals surface area contributed by atoms with Gasteiger partial charge in [0.25, 0.3) is 0 Å². The Morgan fingerprint density at radius 1 is 1.53 bits per heavy atom. The fourth-order valence-corrected chi connectivity index (χ4v) is 1.32. The zero-order chi connectivity index (χ0) is 12.8. The molecule has 0 aliphatic rings. The number of nitrogens with zero attached hydrogens (tertiary/aromatic N) is 1. The van der Waals surface area contributed by atoms with Crippen molar-refractivity contribution >= 4 is 11.6 Å². The summed E-state index contributed by atoms with van der Waals surface area (Å²) in [5, 5.41) is 11.1. The van der Waals surface area contributed by atoms with Crippen LogP contribution in [-0.4, -0.2) is 5.91 Å². The maximum Gasteiger partial charge on any atom is 0.224 e. The molecule has 1 amide bonds. The maximum atomic E-state index is 13.4. The highest BCUT2D eigenvalue weighted by molar-refractivity contribution is 5.90. The first-order chi connectivity index (χ1) is 8.02. The highest BCUT2D eigenvalue weighted by Gasteiger charge is 2.08. The zero-order valence-corrected chi connectivity index (χ0v) is 9.96. The average molecular weight is 234 g/mol. The Balaban J connectivity index is 2.63. The van der Waals surface area contributed by atoms with Gasteiger partial charge in [-0.05, 0) is 30.5 Å². The smallest absolute Gasteiger partial charge is 0.224 e. The number of anilines is 1. The van der Waals surface area contributed by atoms with Crippen LogP contribution in [0.4, 0.5) is 10.1 Å². The molecule has 0 radical (unpaired) electrons. The second-order valence-corrected chi connectivity index (χ2v) is 4.29. The van der Waals surface area contributed by atoms with Crippen molar-refractivity contribution < 1.29 is 9.18 Å². The molecule has 1 rings (SSSR count). The molecule has 0 aliphatic heterocycles. The van der Waals surface area contributed by atoms with E-state index in [0.29, 0.717) is 12.3 Å². The standard InChI is InChI=1S/C13H15FN2O/c1-9(2)3-6-13(17)16-12-5-4-10(8-15)7-11(12)14/h4-5,7,9H,3,6H2,1-2H3,(H,16,17). The Hall–Kier alpha value is -1.89. The molecule has 0 atom stereocenters. The third-order valence-corrected chi connectivity index (χ3v) is 2.32. The lowest BCUT2D eigenvalue weighted by atomic mass is 10.1. The molecule has 0 saturated heterocycles. The van der Waals surface area contributed by atoms with Crippen molar-refractivity contribution in [2.45, 2.75) is 26.7 Å². The maximum absolute atomic E-state index is 13.4. The van der Waals surface area contributed by atoms with Crippen LogP contribution in [0.2, 0.25) is 0 Å². The van der Waals surface area contributed by atoms with Crippen LogP contribution in [0.15, 0.2) is 18.2 Å². The number of rotatable bonds is 4. The summed E-state index contributed by atoms with van der Waals surface area (Å²) >= 11 is 0. The second kappa shape index (κ2) is 6.00. The van der Waals surface area contributed by atoms with E-state index in [1.807, 2.05) is 19.9 Å². The van der Waals surface area contributed by atoms with Gasteiger partial charge in [0.1, 0.15) is 5.82 Å². The van der Waals surface area contributed by atoms with Crippen molar-refractivity contribution in [1.29, 1.82) is 5.26 Å². The van der Waals surface area contributed by atoms with E-state index in [1.54, 1.807) is 0 Å². The summed E-state index contributed by atoms with van der Waals surface area (Å²) in [4.78, 5) is 11.5. The van der Waals surface area contributed by atoms with Crippen LogP contribution in [0.5, 0.6) is 0 Å². The predicted octanol–water partition coefficient (Wildman–Crippen LogP) is 3.07. The Morgan fingerprint density at radius 2 is 2.24 bits per heavy atom. The summed E-state index contributed by atoms with van der Waals surface area (Å²) in [7, 11) is 0. The Labute approximate surface area is 100 Å². The normalized spacial score (nSPS) is 10.1. The lowest BCUT2D eigenvalue weighted by Gasteiger charge is -2.07. The molecule has 0 aromatic heterocycles. The van der Waals surface area contributed by atoms with Crippen LogP contribution in [-0.2, 0) is 4.79 Å². The zero-order valence-electron chi connectivity index (χ0n) is 9.96. The van der Waals surface area contributed by atoms with Crippen molar-refractivity contribution in [3.63, 3.8) is 0 Å². The van der Waals surface area contributed by atoms with Crippen LogP contribution in [0.1, 0.15) is 32.3 Å². The average Bonchev–Trinajstić information content (AvgIpc) is 2.29. The van der Waals surface area contributed by atoms with Gasteiger partial charge in [0, 0.05) is 6.42 Å². The molecule has 1 aromatic carbocycles. The molecule has 0 spiro atoms. The first-order valence-electron chi connectivity index (χ1n) is 5.52. The summed E-state index contributed by atoms with van der Waals surface area (Å²) in [6.07, 6.45) is 1.14. The van der Waals surface area contributed by atoms with Crippen LogP contribution in [0, 0.1) is 23.1 Å². The highest BCUT2D eigenvalue weighted by Crippen LogP contribution is 2.16. The summed E-state index contributed by atoms with van der Waals surface area (Å²) in [5.74, 6) is -0.351. The van der Waals surface area contributed by atoms with Gasteiger partial charge >= 0.3 is 0 Å². The first-order valence-corrected chi connectivity index (χ1v) is 5.52. The van der Waals surface area contributed by atoms with Crippen LogP contribution >= 0.6 is 0 Å². The van der Waals surface area contributed by atoms with Crippen molar-refractivity contribution in [3.05, 3.63) is 29.6 Å². The van der Waals surface area contributed by atoms with E-state index >= 15 is 0 Å². The van der Waals surface area contributed by atoms with Gasteiger partial charge in [-0.25, -0.2) is 4.39 Å². The molecule has 1 aromatic rings. The lowest BCUT2D eigenvalue weighted by molar-refractivity contribution is -0.116. The molecule has 0 aliphatic carbocycles. The number of hydrogen-bond donors (Lipinski definition) is 1. The fraction of sp³-hybridized carbons (Fsp3) is 0.385. The van der Waals surface area contributed by atoms with Gasteiger partial charge in [0.2, 0.25) is 5.91 Å². The van der Waals surface area contributed by atoms with Crippen molar-refractivity contribution in [2.75, 3.05) is 5.32 Å². The summed E-state index contributed by atoms with van der Waals surface area (Å²) < 4.78 is 13.4. The number of amides is 1. The van der Waals surface area contributed by atoms with Crippen molar-refractivity contribution in [2.24, 2.45) is 5.92 Å². The molecule has 0 unspecified atom stereocenters. The minimum atomic E-state index is -0.582. The topological polar surface area (TPSA) is 52.9 Å². The van der Waals surface area contributed by atoms with E-state index < -0.39 is 5.82 Å². The minimum Gasteiger partial charge on any atom is -0.324 e. The largest absolute Gasteiger partial charge is 0.324 e. The predicted molar refractivity (Wildman–Crippen MR) is 63.8 cm³/mol. The van der Waals surface area contributed by atoms with E-state index in [0.717, 1.165) is 12.5 Å². The molecule has 0 fully saturated rings. The number of nitriles is 1. The van der Waals surface area contributed by atoms with Crippen molar-refractivity contribution in [1.82, 2.24) is 0 Å². The van der Waals surface area contributed by atoms with Gasteiger partial charge in [-0.1, -0.05) is 13.8 Å². The first kappa shape index (κ1) is 13.2.